The number of benzene rings is 2. The minimum Gasteiger partial charge on any atom is -0.348 e. The second-order valence-electron chi connectivity index (χ2n) is 4.64. The second kappa shape index (κ2) is 7.83. The Morgan fingerprint density at radius 3 is 2.52 bits per heavy atom. The van der Waals surface area contributed by atoms with Crippen molar-refractivity contribution >= 4 is 45.0 Å². The van der Waals surface area contributed by atoms with E-state index < -0.39 is 0 Å². The molecule has 1 amide bonds. The zero-order valence-electron chi connectivity index (χ0n) is 11.2. The van der Waals surface area contributed by atoms with Gasteiger partial charge in [0.25, 0.3) is 5.91 Å². The Labute approximate surface area is 142 Å². The van der Waals surface area contributed by atoms with Crippen LogP contribution in [-0.4, -0.2) is 17.8 Å². The minimum absolute atomic E-state index is 0.121. The van der Waals surface area contributed by atoms with Crippen LogP contribution in [0.25, 0.3) is 0 Å². The van der Waals surface area contributed by atoms with E-state index in [4.69, 9.17) is 23.2 Å². The lowest BCUT2D eigenvalue weighted by atomic mass is 10.1. The van der Waals surface area contributed by atoms with E-state index in [2.05, 4.69) is 21.2 Å². The summed E-state index contributed by atoms with van der Waals surface area (Å²) in [4.78, 5) is 12.2. The van der Waals surface area contributed by atoms with Crippen LogP contribution in [0.5, 0.6) is 0 Å². The van der Waals surface area contributed by atoms with Crippen molar-refractivity contribution in [1.82, 2.24) is 5.32 Å². The molecule has 2 aromatic carbocycles. The third-order valence-corrected chi connectivity index (χ3v) is 4.63. The molecule has 1 N–H and O–H groups in total. The Morgan fingerprint density at radius 2 is 1.90 bits per heavy atom. The summed E-state index contributed by atoms with van der Waals surface area (Å²) >= 11 is 15.3. The van der Waals surface area contributed by atoms with Crippen molar-refractivity contribution in [1.29, 1.82) is 0 Å². The molecule has 2 rings (SSSR count). The first-order valence-corrected chi connectivity index (χ1v) is 8.16. The number of carbonyl (C=O) groups is 1. The van der Waals surface area contributed by atoms with Gasteiger partial charge >= 0.3 is 0 Å². The molecule has 1 atom stereocenters. The fourth-order valence-corrected chi connectivity index (χ4v) is 2.56. The van der Waals surface area contributed by atoms with Crippen LogP contribution in [0, 0.1) is 0 Å². The highest BCUT2D eigenvalue weighted by Crippen LogP contribution is 2.23. The predicted molar refractivity (Wildman–Crippen MR) is 91.3 cm³/mol. The van der Waals surface area contributed by atoms with Crippen molar-refractivity contribution in [2.24, 2.45) is 0 Å². The highest BCUT2D eigenvalue weighted by atomic mass is 79.9. The molecular formula is C16H14BrCl2NO. The zero-order chi connectivity index (χ0) is 15.2. The number of alkyl halides is 1. The number of rotatable bonds is 5. The average Bonchev–Trinajstić information content (AvgIpc) is 2.50. The lowest BCUT2D eigenvalue weighted by molar-refractivity contribution is 0.0940. The van der Waals surface area contributed by atoms with Gasteiger partial charge in [-0.3, -0.25) is 4.79 Å². The van der Waals surface area contributed by atoms with Gasteiger partial charge in [-0.05, 0) is 46.1 Å². The van der Waals surface area contributed by atoms with Crippen LogP contribution in [0.4, 0.5) is 0 Å². The van der Waals surface area contributed by atoms with E-state index in [0.29, 0.717) is 22.9 Å². The Balaban J connectivity index is 2.04. The molecule has 110 valence electrons. The molecule has 0 fully saturated rings. The van der Waals surface area contributed by atoms with Crippen molar-refractivity contribution < 1.29 is 4.79 Å². The summed E-state index contributed by atoms with van der Waals surface area (Å²) in [6.45, 7) is 0. The molecule has 0 saturated heterocycles. The molecule has 5 heteroatoms. The molecule has 0 aliphatic heterocycles. The fourth-order valence-electron chi connectivity index (χ4n) is 1.95. The number of amides is 1. The van der Waals surface area contributed by atoms with Gasteiger partial charge in [-0.2, -0.15) is 0 Å². The number of halogens is 3. The quantitative estimate of drug-likeness (QED) is 0.742. The molecule has 0 aliphatic rings. The van der Waals surface area contributed by atoms with E-state index in [1.807, 2.05) is 30.3 Å². The molecule has 0 aromatic heterocycles. The van der Waals surface area contributed by atoms with Crippen LogP contribution in [-0.2, 0) is 6.42 Å². The molecule has 0 bridgehead atoms. The van der Waals surface area contributed by atoms with Crippen molar-refractivity contribution in [3.05, 3.63) is 69.2 Å². The van der Waals surface area contributed by atoms with Crippen LogP contribution < -0.4 is 5.32 Å². The number of hydrogen-bond acceptors (Lipinski definition) is 1. The Kier molecular flexibility index (Phi) is 6.09. The van der Waals surface area contributed by atoms with Gasteiger partial charge in [0.05, 0.1) is 5.02 Å². The van der Waals surface area contributed by atoms with Gasteiger partial charge in [0.2, 0.25) is 0 Å². The van der Waals surface area contributed by atoms with Gasteiger partial charge < -0.3 is 5.32 Å². The molecule has 0 spiro atoms. The molecule has 1 unspecified atom stereocenters. The second-order valence-corrected chi connectivity index (χ2v) is 6.21. The summed E-state index contributed by atoms with van der Waals surface area (Å²) in [6, 6.07) is 14.9. The molecule has 2 nitrogen and oxygen atoms in total. The molecule has 0 aliphatic carbocycles. The van der Waals surface area contributed by atoms with E-state index in [9.17, 15) is 4.79 Å². The van der Waals surface area contributed by atoms with Gasteiger partial charge in [-0.15, -0.1) is 11.6 Å². The Morgan fingerprint density at radius 1 is 1.19 bits per heavy atom. The van der Waals surface area contributed by atoms with Crippen molar-refractivity contribution in [3.63, 3.8) is 0 Å². The maximum Gasteiger partial charge on any atom is 0.251 e. The third-order valence-electron chi connectivity index (χ3n) is 3.03. The topological polar surface area (TPSA) is 29.1 Å². The van der Waals surface area contributed by atoms with Gasteiger partial charge in [-0.25, -0.2) is 0 Å². The van der Waals surface area contributed by atoms with Crippen LogP contribution in [0.2, 0.25) is 5.02 Å². The molecule has 2 aromatic rings. The SMILES string of the molecule is O=C(NC(CCl)Cc1ccccc1)c1ccc(Br)c(Cl)c1. The first-order chi connectivity index (χ1) is 10.1. The number of nitrogens with one attached hydrogen (secondary N) is 1. The van der Waals surface area contributed by atoms with E-state index in [1.165, 1.54) is 0 Å². The number of carbonyl (C=O) groups excluding carboxylic acids is 1. The monoisotopic (exact) mass is 385 g/mol. The molecule has 0 radical (unpaired) electrons. The zero-order valence-corrected chi connectivity index (χ0v) is 14.3. The van der Waals surface area contributed by atoms with Gasteiger partial charge in [0.1, 0.15) is 0 Å². The summed E-state index contributed by atoms with van der Waals surface area (Å²) in [6.07, 6.45) is 0.695. The third kappa shape index (κ3) is 4.73. The van der Waals surface area contributed by atoms with Crippen LogP contribution >= 0.6 is 39.1 Å². The number of hydrogen-bond donors (Lipinski definition) is 1. The predicted octanol–water partition coefficient (Wildman–Crippen LogP) is 4.68. The highest BCUT2D eigenvalue weighted by molar-refractivity contribution is 9.10. The molecule has 0 heterocycles. The maximum absolute atomic E-state index is 12.2. The molecule has 21 heavy (non-hydrogen) atoms. The van der Waals surface area contributed by atoms with Crippen molar-refractivity contribution in [2.75, 3.05) is 5.88 Å². The average molecular weight is 387 g/mol. The van der Waals surface area contributed by atoms with Crippen LogP contribution in [0.3, 0.4) is 0 Å². The first-order valence-electron chi connectivity index (χ1n) is 6.46. The molecule has 0 saturated carbocycles. The van der Waals surface area contributed by atoms with Crippen molar-refractivity contribution in [2.45, 2.75) is 12.5 Å². The van der Waals surface area contributed by atoms with Crippen LogP contribution in [0.15, 0.2) is 53.0 Å². The summed E-state index contributed by atoms with van der Waals surface area (Å²) in [5.41, 5.74) is 1.66. The van der Waals surface area contributed by atoms with E-state index >= 15 is 0 Å². The normalized spacial score (nSPS) is 12.0. The van der Waals surface area contributed by atoms with Gasteiger partial charge in [0.15, 0.2) is 0 Å². The minimum atomic E-state index is -0.175. The Bertz CT molecular complexity index is 619. The standard InChI is InChI=1S/C16H14BrCl2NO/c17-14-7-6-12(9-15(14)19)16(21)20-13(10-18)8-11-4-2-1-3-5-11/h1-7,9,13H,8,10H2,(H,20,21). The lowest BCUT2D eigenvalue weighted by Gasteiger charge is -2.16. The van der Waals surface area contributed by atoms with Gasteiger partial charge in [0, 0.05) is 22.0 Å². The first kappa shape index (κ1) is 16.3. The van der Waals surface area contributed by atoms with Crippen molar-refractivity contribution in [3.8, 4) is 0 Å². The highest BCUT2D eigenvalue weighted by Gasteiger charge is 2.14. The Hall–Kier alpha value is -1.03. The molecular weight excluding hydrogens is 373 g/mol. The summed E-state index contributed by atoms with van der Waals surface area (Å²) < 4.78 is 0.763. The lowest BCUT2D eigenvalue weighted by Crippen LogP contribution is -2.37. The summed E-state index contributed by atoms with van der Waals surface area (Å²) in [5.74, 6) is 0.177. The largest absolute Gasteiger partial charge is 0.348 e. The van der Waals surface area contributed by atoms with E-state index in [0.717, 1.165) is 10.0 Å². The smallest absolute Gasteiger partial charge is 0.251 e. The fraction of sp³-hybridized carbons (Fsp3) is 0.188. The van der Waals surface area contributed by atoms with E-state index in [-0.39, 0.29) is 11.9 Å². The summed E-state index contributed by atoms with van der Waals surface area (Å²) in [7, 11) is 0. The van der Waals surface area contributed by atoms with Crippen LogP contribution in [0.1, 0.15) is 15.9 Å². The maximum atomic E-state index is 12.2. The summed E-state index contributed by atoms with van der Waals surface area (Å²) in [5, 5.41) is 3.44. The van der Waals surface area contributed by atoms with E-state index in [1.54, 1.807) is 18.2 Å². The van der Waals surface area contributed by atoms with Gasteiger partial charge in [-0.1, -0.05) is 41.9 Å².